The number of aliphatic hydroxyl groups excluding tert-OH is 1. The summed E-state index contributed by atoms with van der Waals surface area (Å²) in [5.74, 6) is -3.51. The molecule has 36 heavy (non-hydrogen) atoms. The lowest BCUT2D eigenvalue weighted by Crippen LogP contribution is -2.29. The largest absolute Gasteiger partial charge is 0.507 e. The Morgan fingerprint density at radius 1 is 1.11 bits per heavy atom. The van der Waals surface area contributed by atoms with Crippen LogP contribution < -0.4 is 9.64 Å². The molecule has 2 heterocycles. The van der Waals surface area contributed by atoms with E-state index < -0.39 is 35.3 Å². The smallest absolute Gasteiger partial charge is 0.338 e. The minimum absolute atomic E-state index is 0.0730. The van der Waals surface area contributed by atoms with Gasteiger partial charge >= 0.3 is 5.97 Å². The van der Waals surface area contributed by atoms with E-state index >= 15 is 0 Å². The Labute approximate surface area is 206 Å². The van der Waals surface area contributed by atoms with E-state index in [1.54, 1.807) is 26.0 Å². The van der Waals surface area contributed by atoms with Gasteiger partial charge in [0.05, 0.1) is 36.0 Å². The lowest BCUT2D eigenvalue weighted by Gasteiger charge is -2.25. The molecular formula is C27H23FN2O6. The number of carbonyl (C=O) groups is 3. The zero-order chi connectivity index (χ0) is 26.0. The van der Waals surface area contributed by atoms with Crippen molar-refractivity contribution in [1.82, 2.24) is 4.98 Å². The molecule has 1 aliphatic heterocycles. The third kappa shape index (κ3) is 4.55. The zero-order valence-corrected chi connectivity index (χ0v) is 19.8. The van der Waals surface area contributed by atoms with Crippen LogP contribution in [0.1, 0.15) is 41.4 Å². The van der Waals surface area contributed by atoms with Crippen LogP contribution in [-0.2, 0) is 14.3 Å². The van der Waals surface area contributed by atoms with Gasteiger partial charge in [0.2, 0.25) is 0 Å². The van der Waals surface area contributed by atoms with Gasteiger partial charge in [0.15, 0.2) is 0 Å². The van der Waals surface area contributed by atoms with Gasteiger partial charge in [-0.15, -0.1) is 0 Å². The van der Waals surface area contributed by atoms with Gasteiger partial charge in [-0.3, -0.25) is 19.5 Å². The van der Waals surface area contributed by atoms with E-state index in [9.17, 15) is 23.9 Å². The second-order valence-corrected chi connectivity index (χ2v) is 8.30. The summed E-state index contributed by atoms with van der Waals surface area (Å²) >= 11 is 0. The molecule has 1 atom stereocenters. The average molecular weight is 490 g/mol. The number of hydrogen-bond donors (Lipinski definition) is 1. The molecule has 0 radical (unpaired) electrons. The highest BCUT2D eigenvalue weighted by atomic mass is 19.1. The quantitative estimate of drug-likeness (QED) is 0.236. The van der Waals surface area contributed by atoms with Crippen molar-refractivity contribution < 1.29 is 33.4 Å². The highest BCUT2D eigenvalue weighted by Gasteiger charge is 2.47. The maximum Gasteiger partial charge on any atom is 0.338 e. The highest BCUT2D eigenvalue weighted by Crippen LogP contribution is 2.43. The Balaban J connectivity index is 1.86. The van der Waals surface area contributed by atoms with Gasteiger partial charge in [0.25, 0.3) is 11.7 Å². The van der Waals surface area contributed by atoms with Crippen molar-refractivity contribution in [2.45, 2.75) is 26.0 Å². The second-order valence-electron chi connectivity index (χ2n) is 8.30. The van der Waals surface area contributed by atoms with Crippen LogP contribution >= 0.6 is 0 Å². The molecule has 0 spiro atoms. The van der Waals surface area contributed by atoms with Crippen LogP contribution in [0.25, 0.3) is 5.76 Å². The van der Waals surface area contributed by atoms with Gasteiger partial charge in [-0.25, -0.2) is 9.18 Å². The topological polar surface area (TPSA) is 106 Å². The third-order valence-corrected chi connectivity index (χ3v) is 5.59. The molecule has 0 saturated carbocycles. The predicted molar refractivity (Wildman–Crippen MR) is 129 cm³/mol. The minimum atomic E-state index is -1.07. The first-order valence-corrected chi connectivity index (χ1v) is 11.1. The first-order valence-electron chi connectivity index (χ1n) is 11.1. The van der Waals surface area contributed by atoms with Crippen molar-refractivity contribution in [3.05, 3.63) is 95.1 Å². The van der Waals surface area contributed by atoms with Gasteiger partial charge in [0.1, 0.15) is 17.3 Å². The molecule has 1 saturated heterocycles. The summed E-state index contributed by atoms with van der Waals surface area (Å²) in [6.07, 6.45) is 2.69. The van der Waals surface area contributed by atoms with E-state index in [0.717, 1.165) is 12.1 Å². The normalized spacial score (nSPS) is 16.9. The number of esters is 1. The van der Waals surface area contributed by atoms with Crippen LogP contribution in [0.15, 0.2) is 72.6 Å². The van der Waals surface area contributed by atoms with Crippen molar-refractivity contribution >= 4 is 29.1 Å². The molecule has 1 unspecified atom stereocenters. The number of carbonyl (C=O) groups excluding carboxylic acids is 3. The van der Waals surface area contributed by atoms with Crippen molar-refractivity contribution in [2.75, 3.05) is 12.0 Å². The maximum absolute atomic E-state index is 14.0. The predicted octanol–water partition coefficient (Wildman–Crippen LogP) is 4.42. The lowest BCUT2D eigenvalue weighted by atomic mass is 9.95. The zero-order valence-electron chi connectivity index (χ0n) is 19.8. The number of rotatable bonds is 6. The summed E-state index contributed by atoms with van der Waals surface area (Å²) in [4.78, 5) is 44.0. The van der Waals surface area contributed by atoms with Crippen LogP contribution in [0.2, 0.25) is 0 Å². The number of hydrogen-bond acceptors (Lipinski definition) is 7. The van der Waals surface area contributed by atoms with Crippen LogP contribution in [0.3, 0.4) is 0 Å². The third-order valence-electron chi connectivity index (χ3n) is 5.59. The summed E-state index contributed by atoms with van der Waals surface area (Å²) < 4.78 is 24.5. The Bertz CT molecular complexity index is 1350. The number of halogens is 1. The molecule has 184 valence electrons. The Morgan fingerprint density at radius 2 is 1.83 bits per heavy atom. The van der Waals surface area contributed by atoms with Crippen molar-refractivity contribution in [1.29, 1.82) is 0 Å². The highest BCUT2D eigenvalue weighted by molar-refractivity contribution is 6.51. The molecule has 2 aromatic carbocycles. The number of ketones is 1. The monoisotopic (exact) mass is 490 g/mol. The molecular weight excluding hydrogens is 467 g/mol. The number of amides is 1. The average Bonchev–Trinajstić information content (AvgIpc) is 3.14. The number of methoxy groups -OCH3 is 1. The van der Waals surface area contributed by atoms with E-state index in [4.69, 9.17) is 9.47 Å². The van der Waals surface area contributed by atoms with E-state index in [0.29, 0.717) is 11.3 Å². The number of aliphatic hydroxyl groups is 1. The van der Waals surface area contributed by atoms with Crippen LogP contribution in [-0.4, -0.2) is 41.0 Å². The minimum Gasteiger partial charge on any atom is -0.507 e. The summed E-state index contributed by atoms with van der Waals surface area (Å²) in [5, 5.41) is 11.2. The number of nitrogens with zero attached hydrogens (tertiary/aromatic N) is 2. The number of ether oxygens (including phenoxy) is 2. The molecule has 1 amide bonds. The fourth-order valence-electron chi connectivity index (χ4n) is 4.00. The Kier molecular flexibility index (Phi) is 6.82. The lowest BCUT2D eigenvalue weighted by molar-refractivity contribution is -0.132. The molecule has 4 rings (SSSR count). The molecule has 3 aromatic rings. The van der Waals surface area contributed by atoms with Gasteiger partial charge in [0, 0.05) is 18.1 Å². The number of pyridine rings is 1. The summed E-state index contributed by atoms with van der Waals surface area (Å²) in [7, 11) is 1.34. The van der Waals surface area contributed by atoms with Gasteiger partial charge < -0.3 is 14.6 Å². The first-order chi connectivity index (χ1) is 17.2. The SMILES string of the molecule is COc1ccc(F)cc1/C(O)=C1\C(=O)C(=O)N(c2ccc(C(=O)OC(C)C)cc2)C1c1cccnc1. The van der Waals surface area contributed by atoms with Crippen LogP contribution in [0.5, 0.6) is 5.75 Å². The summed E-state index contributed by atoms with van der Waals surface area (Å²) in [6.45, 7) is 3.46. The number of Topliss-reactive ketones (excluding diaryl/α,β-unsaturated/α-hetero) is 1. The summed E-state index contributed by atoms with van der Waals surface area (Å²) in [6, 6.07) is 11.7. The van der Waals surface area contributed by atoms with Gasteiger partial charge in [-0.2, -0.15) is 0 Å². The Hall–Kier alpha value is -4.53. The molecule has 1 aliphatic rings. The maximum atomic E-state index is 14.0. The number of anilines is 1. The van der Waals surface area contributed by atoms with Crippen molar-refractivity contribution in [3.8, 4) is 5.75 Å². The molecule has 1 fully saturated rings. The first kappa shape index (κ1) is 24.6. The van der Waals surface area contributed by atoms with E-state index in [1.165, 1.54) is 54.7 Å². The van der Waals surface area contributed by atoms with Crippen molar-refractivity contribution in [2.24, 2.45) is 0 Å². The molecule has 0 aliphatic carbocycles. The number of aromatic nitrogens is 1. The second kappa shape index (κ2) is 9.99. The molecule has 8 nitrogen and oxygen atoms in total. The van der Waals surface area contributed by atoms with Crippen molar-refractivity contribution in [3.63, 3.8) is 0 Å². The summed E-state index contributed by atoms with van der Waals surface area (Å²) in [5.41, 5.74) is 0.692. The standard InChI is InChI=1S/C27H23FN2O6/c1-15(2)36-27(34)16-6-9-19(10-7-16)30-23(17-5-4-12-29-14-17)22(25(32)26(30)33)24(31)20-13-18(28)8-11-21(20)35-3/h4-15,23,31H,1-3H3/b24-22+. The molecule has 1 aromatic heterocycles. The van der Waals surface area contributed by atoms with Gasteiger partial charge in [-0.1, -0.05) is 6.07 Å². The number of benzene rings is 2. The molecule has 0 bridgehead atoms. The van der Waals surface area contributed by atoms with E-state index in [1.807, 2.05) is 0 Å². The fourth-order valence-corrected chi connectivity index (χ4v) is 4.00. The van der Waals surface area contributed by atoms with E-state index in [2.05, 4.69) is 4.98 Å². The Morgan fingerprint density at radius 3 is 2.44 bits per heavy atom. The fraction of sp³-hybridized carbons (Fsp3) is 0.185. The van der Waals surface area contributed by atoms with Gasteiger partial charge in [-0.05, 0) is 67.9 Å². The van der Waals surface area contributed by atoms with E-state index in [-0.39, 0.29) is 28.6 Å². The van der Waals surface area contributed by atoms with Crippen LogP contribution in [0, 0.1) is 5.82 Å². The molecule has 1 N–H and O–H groups in total. The van der Waals surface area contributed by atoms with Crippen LogP contribution in [0.4, 0.5) is 10.1 Å². The molecule has 9 heteroatoms.